The number of aliphatic carboxylic acids is 1. The van der Waals surface area contributed by atoms with E-state index in [-0.39, 0.29) is 63.1 Å². The maximum absolute atomic E-state index is 12.7. The third-order valence-corrected chi connectivity index (χ3v) is 5.72. The van der Waals surface area contributed by atoms with E-state index in [9.17, 15) is 28.9 Å². The molecule has 1 unspecified atom stereocenters. The SMILES string of the molecule is CC(C)C[C@H](NP(=O)([O-])CNC(=O)OCc1ccccc1)C(=O)N[C@@H](CC(C)(C)C)C(=O)[O-].[Li+].[Li+]. The molecule has 0 bridgehead atoms. The summed E-state index contributed by atoms with van der Waals surface area (Å²) in [4.78, 5) is 48.5. The van der Waals surface area contributed by atoms with Crippen molar-refractivity contribution >= 4 is 25.5 Å². The standard InChI is InChI=1S/C22H36N3O7P.2Li/c1-15(2)11-17(19(26)24-18(20(27)28)12-22(3,4)5)25-33(30,31)14-23-21(29)32-13-16-9-7-6-8-10-16;;/h6-10,15,17-18H,11-14H2,1-5H3,(H,23,29)(H,24,26)(H,27,28)(H2,25,30,31);;/q;2*+1/p-2/t17-,18-;;/m0../s1. The second-order valence-corrected chi connectivity index (χ2v) is 11.4. The number of hydrogen-bond acceptors (Lipinski definition) is 7. The van der Waals surface area contributed by atoms with Crippen molar-refractivity contribution in [2.75, 3.05) is 6.29 Å². The number of carboxylic acid groups (broad SMARTS) is 1. The van der Waals surface area contributed by atoms with Crippen molar-refractivity contribution < 1.29 is 71.4 Å². The number of nitrogens with one attached hydrogen (secondary N) is 3. The molecule has 186 valence electrons. The minimum Gasteiger partial charge on any atom is -0.787 e. The van der Waals surface area contributed by atoms with Crippen LogP contribution >= 0.6 is 7.52 Å². The normalized spacial score (nSPS) is 14.4. The summed E-state index contributed by atoms with van der Waals surface area (Å²) in [5.74, 6) is -2.29. The van der Waals surface area contributed by atoms with E-state index in [1.54, 1.807) is 38.1 Å². The Hall–Kier alpha value is -1.23. The largest absolute Gasteiger partial charge is 1.00 e. The molecule has 3 N–H and O–H groups in total. The van der Waals surface area contributed by atoms with Crippen molar-refractivity contribution in [2.24, 2.45) is 11.3 Å². The molecule has 0 aliphatic rings. The second-order valence-electron chi connectivity index (χ2n) is 9.53. The summed E-state index contributed by atoms with van der Waals surface area (Å²) >= 11 is 0. The minimum atomic E-state index is -4.45. The maximum Gasteiger partial charge on any atom is 1.00 e. The quantitative estimate of drug-likeness (QED) is 0.191. The number of alkyl carbamates (subject to hydrolysis) is 1. The molecule has 13 heteroatoms. The van der Waals surface area contributed by atoms with E-state index in [1.165, 1.54) is 0 Å². The fourth-order valence-corrected chi connectivity index (χ4v) is 4.12. The van der Waals surface area contributed by atoms with Gasteiger partial charge in [-0.1, -0.05) is 65.0 Å². The van der Waals surface area contributed by atoms with Crippen molar-refractivity contribution in [3.05, 3.63) is 35.9 Å². The van der Waals surface area contributed by atoms with Crippen molar-refractivity contribution in [3.63, 3.8) is 0 Å². The minimum absolute atomic E-state index is 0. The van der Waals surface area contributed by atoms with Crippen LogP contribution in [0, 0.1) is 11.3 Å². The fraction of sp³-hybridized carbons (Fsp3) is 0.591. The van der Waals surface area contributed by atoms with Gasteiger partial charge in [-0.25, -0.2) is 4.79 Å². The maximum atomic E-state index is 12.7. The summed E-state index contributed by atoms with van der Waals surface area (Å²) in [5.41, 5.74) is 0.333. The Labute approximate surface area is 231 Å². The summed E-state index contributed by atoms with van der Waals surface area (Å²) in [6.45, 7) is 9.00. The van der Waals surface area contributed by atoms with E-state index in [4.69, 9.17) is 4.74 Å². The molecule has 0 saturated carbocycles. The Kier molecular flexibility index (Phi) is 16.9. The first kappa shape index (κ1) is 35.9. The van der Waals surface area contributed by atoms with Gasteiger partial charge in [0.05, 0.1) is 31.9 Å². The molecule has 0 radical (unpaired) electrons. The average Bonchev–Trinajstić information content (AvgIpc) is 2.69. The zero-order valence-corrected chi connectivity index (χ0v) is 22.6. The van der Waals surface area contributed by atoms with Gasteiger partial charge in [0.15, 0.2) is 0 Å². The smallest absolute Gasteiger partial charge is 0.787 e. The van der Waals surface area contributed by atoms with Crippen LogP contribution in [-0.4, -0.2) is 36.3 Å². The van der Waals surface area contributed by atoms with Crippen LogP contribution in [-0.2, 0) is 25.5 Å². The van der Waals surface area contributed by atoms with E-state index in [0.29, 0.717) is 0 Å². The van der Waals surface area contributed by atoms with Crippen LogP contribution in [0.5, 0.6) is 0 Å². The fourth-order valence-electron chi connectivity index (χ4n) is 2.99. The van der Waals surface area contributed by atoms with E-state index >= 15 is 0 Å². The Morgan fingerprint density at radius 1 is 1.06 bits per heavy atom. The van der Waals surface area contributed by atoms with Crippen LogP contribution in [0.4, 0.5) is 4.79 Å². The van der Waals surface area contributed by atoms with Crippen LogP contribution in [0.25, 0.3) is 0 Å². The van der Waals surface area contributed by atoms with Gasteiger partial charge in [0.2, 0.25) is 5.91 Å². The van der Waals surface area contributed by atoms with Gasteiger partial charge in [0.25, 0.3) is 0 Å². The molecule has 1 aromatic rings. The molecule has 0 heterocycles. The Bertz CT molecular complexity index is 851. The van der Waals surface area contributed by atoms with Gasteiger partial charge in [0.1, 0.15) is 6.61 Å². The van der Waals surface area contributed by atoms with Crippen LogP contribution in [0.3, 0.4) is 0 Å². The Balaban J connectivity index is 0. The molecule has 0 aliphatic heterocycles. The third kappa shape index (κ3) is 16.2. The summed E-state index contributed by atoms with van der Waals surface area (Å²) in [6, 6.07) is 6.38. The predicted molar refractivity (Wildman–Crippen MR) is 120 cm³/mol. The van der Waals surface area contributed by atoms with Crippen molar-refractivity contribution in [1.82, 2.24) is 15.7 Å². The van der Waals surface area contributed by atoms with Crippen LogP contribution in [0.1, 0.15) is 53.0 Å². The van der Waals surface area contributed by atoms with Gasteiger partial charge < -0.3 is 34.7 Å². The van der Waals surface area contributed by atoms with E-state index < -0.39 is 49.3 Å². The van der Waals surface area contributed by atoms with Crippen molar-refractivity contribution in [2.45, 2.75) is 66.2 Å². The number of hydrogen-bond donors (Lipinski definition) is 3. The molecule has 3 atom stereocenters. The van der Waals surface area contributed by atoms with Gasteiger partial charge in [-0.05, 0) is 29.7 Å². The molecule has 0 saturated heterocycles. The molecule has 0 fully saturated rings. The molecular formula is C22H34Li2N3O7P. The molecule has 1 aromatic carbocycles. The Morgan fingerprint density at radius 2 is 1.63 bits per heavy atom. The van der Waals surface area contributed by atoms with Gasteiger partial charge in [-0.2, -0.15) is 0 Å². The first-order valence-corrected chi connectivity index (χ1v) is 12.5. The van der Waals surface area contributed by atoms with Crippen LogP contribution in [0.2, 0.25) is 0 Å². The summed E-state index contributed by atoms with van der Waals surface area (Å²) < 4.78 is 17.5. The molecule has 0 aromatic heterocycles. The second kappa shape index (κ2) is 16.5. The van der Waals surface area contributed by atoms with Gasteiger partial charge in [-0.15, -0.1) is 0 Å². The topological polar surface area (TPSA) is 160 Å². The molecular weight excluding hydrogens is 463 g/mol. The van der Waals surface area contributed by atoms with Crippen molar-refractivity contribution in [1.29, 1.82) is 0 Å². The Morgan fingerprint density at radius 3 is 2.11 bits per heavy atom. The molecule has 35 heavy (non-hydrogen) atoms. The van der Waals surface area contributed by atoms with Crippen LogP contribution < -0.4 is 63.4 Å². The third-order valence-electron chi connectivity index (χ3n) is 4.44. The van der Waals surface area contributed by atoms with E-state index in [1.807, 2.05) is 26.8 Å². The molecule has 0 spiro atoms. The number of amides is 2. The number of carbonyl (C=O) groups is 3. The van der Waals surface area contributed by atoms with Crippen LogP contribution in [0.15, 0.2) is 30.3 Å². The van der Waals surface area contributed by atoms with Gasteiger partial charge >= 0.3 is 43.8 Å². The van der Waals surface area contributed by atoms with E-state index in [2.05, 4.69) is 15.7 Å². The number of rotatable bonds is 12. The van der Waals surface area contributed by atoms with Gasteiger partial charge in [0, 0.05) is 0 Å². The number of benzene rings is 1. The number of ether oxygens (including phenoxy) is 1. The molecule has 2 amide bonds. The summed E-state index contributed by atoms with van der Waals surface area (Å²) in [7, 11) is -4.45. The van der Waals surface area contributed by atoms with Crippen molar-refractivity contribution in [3.8, 4) is 0 Å². The first-order chi connectivity index (χ1) is 15.2. The molecule has 1 rings (SSSR count). The number of carboxylic acids is 1. The summed E-state index contributed by atoms with van der Waals surface area (Å²) in [5, 5.41) is 18.2. The van der Waals surface area contributed by atoms with Gasteiger partial charge in [-0.3, -0.25) is 9.88 Å². The predicted octanol–water partition coefficient (Wildman–Crippen LogP) is -4.89. The zero-order valence-electron chi connectivity index (χ0n) is 21.8. The monoisotopic (exact) mass is 497 g/mol. The van der Waals surface area contributed by atoms with E-state index in [0.717, 1.165) is 5.56 Å². The first-order valence-electron chi connectivity index (χ1n) is 10.7. The summed E-state index contributed by atoms with van der Waals surface area (Å²) in [6.07, 6.45) is -1.47. The average molecular weight is 497 g/mol. The zero-order chi connectivity index (χ0) is 25.2. The molecule has 0 aliphatic carbocycles. The molecule has 10 nitrogen and oxygen atoms in total. The number of carbonyl (C=O) groups excluding carboxylic acids is 3.